The topological polar surface area (TPSA) is 76.7 Å². The van der Waals surface area contributed by atoms with Crippen molar-refractivity contribution in [2.24, 2.45) is 5.84 Å². The van der Waals surface area contributed by atoms with Gasteiger partial charge < -0.3 is 5.43 Å². The second-order valence-electron chi connectivity index (χ2n) is 4.40. The van der Waals surface area contributed by atoms with Crippen molar-refractivity contribution in [3.63, 3.8) is 0 Å². The molecule has 98 valence electrons. The van der Waals surface area contributed by atoms with Crippen LogP contribution in [0.1, 0.15) is 24.5 Å². The number of hydrogen-bond donors (Lipinski definition) is 2. The average Bonchev–Trinajstić information content (AvgIpc) is 3.22. The van der Waals surface area contributed by atoms with E-state index in [0.717, 1.165) is 14.6 Å². The second-order valence-corrected chi connectivity index (χ2v) is 6.17. The summed E-state index contributed by atoms with van der Waals surface area (Å²) in [5.74, 6) is 7.19. The van der Waals surface area contributed by atoms with Gasteiger partial charge in [-0.2, -0.15) is 0 Å². The van der Waals surface area contributed by atoms with Crippen molar-refractivity contribution >= 4 is 37.7 Å². The molecule has 1 fully saturated rings. The molecule has 2 aromatic rings. The maximum atomic E-state index is 5.47. The van der Waals surface area contributed by atoms with Crippen molar-refractivity contribution in [3.8, 4) is 11.5 Å². The van der Waals surface area contributed by atoms with Crippen LogP contribution in [0.15, 0.2) is 27.3 Å². The van der Waals surface area contributed by atoms with Crippen LogP contribution in [-0.4, -0.2) is 15.0 Å². The number of nitrogens with one attached hydrogen (secondary N) is 1. The molecule has 0 amide bonds. The standard InChI is InChI=1S/C12H11Br2N5/c13-7-3-8(14)11(16-5-7)12-17-9(6-1-2-6)4-10(18-12)19-15/h3-6H,1-2,15H2,(H,17,18,19). The second kappa shape index (κ2) is 5.15. The van der Waals surface area contributed by atoms with E-state index in [4.69, 9.17) is 5.84 Å². The van der Waals surface area contributed by atoms with Gasteiger partial charge in [0.25, 0.3) is 0 Å². The van der Waals surface area contributed by atoms with Gasteiger partial charge in [0.2, 0.25) is 0 Å². The van der Waals surface area contributed by atoms with Crippen LogP contribution in [0.2, 0.25) is 0 Å². The van der Waals surface area contributed by atoms with Gasteiger partial charge in [-0.05, 0) is 50.8 Å². The first-order valence-corrected chi connectivity index (χ1v) is 7.43. The number of hydrazine groups is 1. The van der Waals surface area contributed by atoms with Gasteiger partial charge in [-0.15, -0.1) is 0 Å². The van der Waals surface area contributed by atoms with Crippen LogP contribution in [0, 0.1) is 0 Å². The highest BCUT2D eigenvalue weighted by atomic mass is 79.9. The first-order valence-electron chi connectivity index (χ1n) is 5.84. The molecule has 0 spiro atoms. The molecular formula is C12H11Br2N5. The van der Waals surface area contributed by atoms with Crippen molar-refractivity contribution in [2.75, 3.05) is 5.43 Å². The van der Waals surface area contributed by atoms with Crippen LogP contribution in [0.5, 0.6) is 0 Å². The predicted octanol–water partition coefficient (Wildman–Crippen LogP) is 3.23. The van der Waals surface area contributed by atoms with Crippen molar-refractivity contribution < 1.29 is 0 Å². The van der Waals surface area contributed by atoms with Gasteiger partial charge in [0.15, 0.2) is 5.82 Å². The van der Waals surface area contributed by atoms with Gasteiger partial charge in [0.05, 0.1) is 0 Å². The molecule has 1 saturated carbocycles. The molecule has 2 heterocycles. The molecule has 0 radical (unpaired) electrons. The number of halogens is 2. The summed E-state index contributed by atoms with van der Waals surface area (Å²) in [6, 6.07) is 3.82. The van der Waals surface area contributed by atoms with Gasteiger partial charge >= 0.3 is 0 Å². The van der Waals surface area contributed by atoms with Crippen LogP contribution < -0.4 is 11.3 Å². The Balaban J connectivity index is 2.10. The SMILES string of the molecule is NNc1cc(C2CC2)nc(-c2ncc(Br)cc2Br)n1. The molecule has 0 aliphatic heterocycles. The lowest BCUT2D eigenvalue weighted by Gasteiger charge is -2.08. The Morgan fingerprint density at radius 2 is 2.00 bits per heavy atom. The Morgan fingerprint density at radius 1 is 1.21 bits per heavy atom. The number of nitrogens with two attached hydrogens (primary N) is 1. The fourth-order valence-corrected chi connectivity index (χ4v) is 2.98. The largest absolute Gasteiger partial charge is 0.308 e. The van der Waals surface area contributed by atoms with Crippen LogP contribution in [0.3, 0.4) is 0 Å². The zero-order valence-corrected chi connectivity index (χ0v) is 13.1. The molecule has 2 aromatic heterocycles. The van der Waals surface area contributed by atoms with Crippen LogP contribution >= 0.6 is 31.9 Å². The third kappa shape index (κ3) is 2.77. The Kier molecular flexibility index (Phi) is 3.51. The highest BCUT2D eigenvalue weighted by molar-refractivity contribution is 9.11. The number of hydrogen-bond acceptors (Lipinski definition) is 5. The minimum absolute atomic E-state index is 0.531. The molecule has 0 unspecified atom stereocenters. The molecule has 5 nitrogen and oxygen atoms in total. The van der Waals surface area contributed by atoms with E-state index in [0.29, 0.717) is 23.3 Å². The molecule has 3 rings (SSSR count). The molecule has 0 bridgehead atoms. The van der Waals surface area contributed by atoms with Crippen LogP contribution in [0.4, 0.5) is 5.82 Å². The van der Waals surface area contributed by atoms with E-state index in [1.54, 1.807) is 6.20 Å². The van der Waals surface area contributed by atoms with E-state index >= 15 is 0 Å². The van der Waals surface area contributed by atoms with Gasteiger partial charge in [-0.3, -0.25) is 4.98 Å². The zero-order chi connectivity index (χ0) is 13.4. The summed E-state index contributed by atoms with van der Waals surface area (Å²) < 4.78 is 1.75. The van der Waals surface area contributed by atoms with E-state index in [-0.39, 0.29) is 0 Å². The summed E-state index contributed by atoms with van der Waals surface area (Å²) in [5, 5.41) is 0. The quantitative estimate of drug-likeness (QED) is 0.627. The third-order valence-electron chi connectivity index (χ3n) is 2.91. The number of anilines is 1. The number of nitrogens with zero attached hydrogens (tertiary/aromatic N) is 3. The smallest absolute Gasteiger partial charge is 0.181 e. The zero-order valence-electron chi connectivity index (χ0n) is 9.90. The first-order chi connectivity index (χ1) is 9.17. The van der Waals surface area contributed by atoms with E-state index in [1.807, 2.05) is 12.1 Å². The molecule has 0 aromatic carbocycles. The Hall–Kier alpha value is -1.05. The number of nitrogen functional groups attached to an aromatic ring is 1. The third-order valence-corrected chi connectivity index (χ3v) is 3.95. The number of rotatable bonds is 3. The van der Waals surface area contributed by atoms with Crippen LogP contribution in [0.25, 0.3) is 11.5 Å². The number of pyridine rings is 1. The van der Waals surface area contributed by atoms with Gasteiger partial charge in [0.1, 0.15) is 11.5 Å². The lowest BCUT2D eigenvalue weighted by Crippen LogP contribution is -2.10. The normalized spacial score (nSPS) is 14.5. The summed E-state index contributed by atoms with van der Waals surface area (Å²) in [5.41, 5.74) is 4.32. The molecular weight excluding hydrogens is 374 g/mol. The molecule has 0 saturated heterocycles. The summed E-state index contributed by atoms with van der Waals surface area (Å²) in [6.07, 6.45) is 4.08. The summed E-state index contributed by atoms with van der Waals surface area (Å²) >= 11 is 6.86. The van der Waals surface area contributed by atoms with Crippen molar-refractivity contribution in [1.29, 1.82) is 0 Å². The molecule has 1 aliphatic carbocycles. The summed E-state index contributed by atoms with van der Waals surface area (Å²) in [6.45, 7) is 0. The molecule has 1 aliphatic rings. The van der Waals surface area contributed by atoms with Crippen molar-refractivity contribution in [1.82, 2.24) is 15.0 Å². The molecule has 19 heavy (non-hydrogen) atoms. The van der Waals surface area contributed by atoms with E-state index in [2.05, 4.69) is 52.2 Å². The van der Waals surface area contributed by atoms with Gasteiger partial charge in [-0.1, -0.05) is 0 Å². The van der Waals surface area contributed by atoms with E-state index in [1.165, 1.54) is 12.8 Å². The minimum atomic E-state index is 0.531. The molecule has 0 atom stereocenters. The van der Waals surface area contributed by atoms with Crippen molar-refractivity contribution in [2.45, 2.75) is 18.8 Å². The highest BCUT2D eigenvalue weighted by Crippen LogP contribution is 2.40. The minimum Gasteiger partial charge on any atom is -0.308 e. The fraction of sp³-hybridized carbons (Fsp3) is 0.250. The lowest BCUT2D eigenvalue weighted by molar-refractivity contribution is 0.983. The van der Waals surface area contributed by atoms with Gasteiger partial charge in [0, 0.05) is 32.8 Å². The highest BCUT2D eigenvalue weighted by Gasteiger charge is 2.26. The van der Waals surface area contributed by atoms with Crippen LogP contribution in [-0.2, 0) is 0 Å². The Labute approximate surface area is 127 Å². The van der Waals surface area contributed by atoms with E-state index < -0.39 is 0 Å². The lowest BCUT2D eigenvalue weighted by atomic mass is 10.2. The first kappa shape index (κ1) is 13.0. The predicted molar refractivity (Wildman–Crippen MR) is 80.4 cm³/mol. The van der Waals surface area contributed by atoms with E-state index in [9.17, 15) is 0 Å². The molecule has 7 heteroatoms. The number of aromatic nitrogens is 3. The average molecular weight is 385 g/mol. The Morgan fingerprint density at radius 3 is 2.63 bits per heavy atom. The monoisotopic (exact) mass is 383 g/mol. The summed E-state index contributed by atoms with van der Waals surface area (Å²) in [4.78, 5) is 13.3. The molecule has 3 N–H and O–H groups in total. The maximum Gasteiger partial charge on any atom is 0.181 e. The Bertz CT molecular complexity index is 628. The summed E-state index contributed by atoms with van der Waals surface area (Å²) in [7, 11) is 0. The maximum absolute atomic E-state index is 5.47. The van der Waals surface area contributed by atoms with Crippen molar-refractivity contribution in [3.05, 3.63) is 33.0 Å². The fourth-order valence-electron chi connectivity index (χ4n) is 1.81. The van der Waals surface area contributed by atoms with Gasteiger partial charge in [-0.25, -0.2) is 15.8 Å².